The molecule has 1 aliphatic heterocycles. The first kappa shape index (κ1) is 30.6. The van der Waals surface area contributed by atoms with Crippen molar-refractivity contribution >= 4 is 27.5 Å². The lowest BCUT2D eigenvalue weighted by molar-refractivity contribution is -0.139. The molecule has 0 saturated heterocycles. The number of halogens is 1. The third-order valence-corrected chi connectivity index (χ3v) is 9.03. The number of benzene rings is 4. The van der Waals surface area contributed by atoms with Crippen LogP contribution in [-0.4, -0.2) is 58.0 Å². The first-order valence-corrected chi connectivity index (χ1v) is 15.5. The number of nitrogens with zero attached hydrogens (tertiary/aromatic N) is 2. The molecule has 1 aliphatic rings. The Balaban J connectivity index is 1.58. The molecule has 5 rings (SSSR count). The van der Waals surface area contributed by atoms with Crippen LogP contribution < -0.4 is 19.1 Å². The maximum Gasteiger partial charge on any atom is 0.264 e. The highest BCUT2D eigenvalue weighted by Gasteiger charge is 2.35. The molecule has 0 aliphatic carbocycles. The van der Waals surface area contributed by atoms with Gasteiger partial charge in [0.25, 0.3) is 10.0 Å². The Kier molecular flexibility index (Phi) is 9.44. The van der Waals surface area contributed by atoms with Crippen LogP contribution in [0.2, 0.25) is 0 Å². The van der Waals surface area contributed by atoms with Gasteiger partial charge >= 0.3 is 0 Å². The van der Waals surface area contributed by atoms with Crippen molar-refractivity contribution in [2.75, 3.05) is 31.1 Å². The molecule has 11 heteroatoms. The zero-order valence-corrected chi connectivity index (χ0v) is 24.9. The summed E-state index contributed by atoms with van der Waals surface area (Å²) in [6.45, 7) is -0.306. The molecule has 2 amide bonds. The van der Waals surface area contributed by atoms with Crippen molar-refractivity contribution in [3.8, 4) is 11.5 Å². The molecule has 0 aromatic heterocycles. The molecule has 1 N–H and O–H groups in total. The molecule has 0 fully saturated rings. The van der Waals surface area contributed by atoms with E-state index in [1.807, 2.05) is 30.3 Å². The number of rotatable bonds is 11. The van der Waals surface area contributed by atoms with Crippen molar-refractivity contribution in [2.45, 2.75) is 23.9 Å². The number of hydrogen-bond acceptors (Lipinski definition) is 6. The summed E-state index contributed by atoms with van der Waals surface area (Å²) in [5.74, 6) is -0.944. The SMILES string of the molecule is CNC(=O)[C@H](Cc1ccccc1)N(Cc1ccccc1F)C(=O)CN(c1ccc2c(c1)OCCO2)S(=O)(=O)c1ccccc1. The van der Waals surface area contributed by atoms with E-state index in [9.17, 15) is 22.4 Å². The van der Waals surface area contributed by atoms with Gasteiger partial charge < -0.3 is 19.7 Å². The second-order valence-corrected chi connectivity index (χ2v) is 11.9. The van der Waals surface area contributed by atoms with Crippen LogP contribution in [0.15, 0.2) is 108 Å². The monoisotopic (exact) mass is 617 g/mol. The maximum atomic E-state index is 14.9. The molecule has 0 saturated carbocycles. The lowest BCUT2D eigenvalue weighted by Crippen LogP contribution is -2.53. The van der Waals surface area contributed by atoms with E-state index in [4.69, 9.17) is 9.47 Å². The Morgan fingerprint density at radius 3 is 2.18 bits per heavy atom. The van der Waals surface area contributed by atoms with Crippen LogP contribution in [0.1, 0.15) is 11.1 Å². The number of fused-ring (bicyclic) bond motifs is 1. The van der Waals surface area contributed by atoms with E-state index in [-0.39, 0.29) is 35.7 Å². The molecule has 4 aromatic carbocycles. The summed E-state index contributed by atoms with van der Waals surface area (Å²) in [6.07, 6.45) is 0.121. The first-order valence-electron chi connectivity index (χ1n) is 14.0. The quantitative estimate of drug-likeness (QED) is 0.271. The fraction of sp³-hybridized carbons (Fsp3) is 0.212. The van der Waals surface area contributed by atoms with E-state index in [0.717, 1.165) is 9.87 Å². The van der Waals surface area contributed by atoms with Gasteiger partial charge in [0.15, 0.2) is 11.5 Å². The summed E-state index contributed by atoms with van der Waals surface area (Å²) in [5, 5.41) is 2.61. The van der Waals surface area contributed by atoms with Crippen LogP contribution in [0.25, 0.3) is 0 Å². The van der Waals surface area contributed by atoms with E-state index in [1.165, 1.54) is 54.4 Å². The number of anilines is 1. The Morgan fingerprint density at radius 1 is 0.864 bits per heavy atom. The molecule has 1 atom stereocenters. The molecule has 0 spiro atoms. The summed E-state index contributed by atoms with van der Waals surface area (Å²) < 4.78 is 55.3. The van der Waals surface area contributed by atoms with E-state index >= 15 is 0 Å². The number of carbonyl (C=O) groups excluding carboxylic acids is 2. The van der Waals surface area contributed by atoms with Crippen LogP contribution in [0, 0.1) is 5.82 Å². The van der Waals surface area contributed by atoms with Crippen LogP contribution in [0.5, 0.6) is 11.5 Å². The standard InChI is InChI=1S/C33H32FN3O6S/c1-35-33(39)29(20-24-10-4-2-5-11-24)36(22-25-12-8-9-15-28(25)34)32(38)23-37(44(40,41)27-13-6-3-7-14-27)26-16-17-30-31(21-26)43-19-18-42-30/h2-17,21,29H,18-20,22-23H2,1H3,(H,35,39)/t29-/m0/s1. The largest absolute Gasteiger partial charge is 0.486 e. The number of amides is 2. The topological polar surface area (TPSA) is 105 Å². The predicted molar refractivity (Wildman–Crippen MR) is 163 cm³/mol. The van der Waals surface area contributed by atoms with E-state index < -0.39 is 40.2 Å². The normalized spacial score (nSPS) is 13.0. The average molecular weight is 618 g/mol. The molecule has 1 heterocycles. The van der Waals surface area contributed by atoms with Crippen LogP contribution >= 0.6 is 0 Å². The second kappa shape index (κ2) is 13.6. The minimum Gasteiger partial charge on any atom is -0.486 e. The van der Waals surface area contributed by atoms with Crippen molar-refractivity contribution in [3.05, 3.63) is 120 Å². The Morgan fingerprint density at radius 2 is 1.50 bits per heavy atom. The van der Waals surface area contributed by atoms with E-state index in [1.54, 1.807) is 30.3 Å². The van der Waals surface area contributed by atoms with Gasteiger partial charge in [-0.2, -0.15) is 0 Å². The summed E-state index contributed by atoms with van der Waals surface area (Å²) in [5.41, 5.74) is 1.12. The number of hydrogen-bond donors (Lipinski definition) is 1. The van der Waals surface area contributed by atoms with Crippen LogP contribution in [0.3, 0.4) is 0 Å². The Bertz CT molecular complexity index is 1720. The van der Waals surface area contributed by atoms with Gasteiger partial charge in [0.1, 0.15) is 31.6 Å². The number of sulfonamides is 1. The van der Waals surface area contributed by atoms with Crippen LogP contribution in [-0.2, 0) is 32.6 Å². The van der Waals surface area contributed by atoms with Crippen molar-refractivity contribution in [2.24, 2.45) is 0 Å². The lowest BCUT2D eigenvalue weighted by Gasteiger charge is -2.34. The van der Waals surface area contributed by atoms with E-state index in [0.29, 0.717) is 18.1 Å². The number of ether oxygens (including phenoxy) is 2. The van der Waals surface area contributed by atoms with Gasteiger partial charge in [-0.25, -0.2) is 12.8 Å². The molecular weight excluding hydrogens is 585 g/mol. The van der Waals surface area contributed by atoms with Crippen molar-refractivity contribution in [3.63, 3.8) is 0 Å². The average Bonchev–Trinajstić information content (AvgIpc) is 3.06. The van der Waals surface area contributed by atoms with Gasteiger partial charge in [-0.15, -0.1) is 0 Å². The summed E-state index contributed by atoms with van der Waals surface area (Å²) in [4.78, 5) is 28.8. The highest BCUT2D eigenvalue weighted by atomic mass is 32.2. The molecule has 0 unspecified atom stereocenters. The summed E-state index contributed by atoms with van der Waals surface area (Å²) in [7, 11) is -2.83. The van der Waals surface area contributed by atoms with Gasteiger partial charge in [0.2, 0.25) is 11.8 Å². The first-order chi connectivity index (χ1) is 21.3. The Labute approximate surface area is 255 Å². The van der Waals surface area contributed by atoms with Gasteiger partial charge in [-0.3, -0.25) is 13.9 Å². The molecule has 0 radical (unpaired) electrons. The van der Waals surface area contributed by atoms with Crippen molar-refractivity contribution in [1.82, 2.24) is 10.2 Å². The van der Waals surface area contributed by atoms with Crippen LogP contribution in [0.4, 0.5) is 10.1 Å². The maximum absolute atomic E-state index is 14.9. The molecule has 228 valence electrons. The fourth-order valence-corrected chi connectivity index (χ4v) is 6.39. The third-order valence-electron chi connectivity index (χ3n) is 7.24. The molecule has 0 bridgehead atoms. The van der Waals surface area contributed by atoms with E-state index in [2.05, 4.69) is 5.32 Å². The highest BCUT2D eigenvalue weighted by Crippen LogP contribution is 2.36. The smallest absolute Gasteiger partial charge is 0.264 e. The van der Waals surface area contributed by atoms with Gasteiger partial charge in [0.05, 0.1) is 10.6 Å². The number of carbonyl (C=O) groups is 2. The zero-order chi connectivity index (χ0) is 31.1. The second-order valence-electron chi connectivity index (χ2n) is 10.1. The Hall–Kier alpha value is -4.90. The van der Waals surface area contributed by atoms with Gasteiger partial charge in [0, 0.05) is 31.6 Å². The van der Waals surface area contributed by atoms with Crippen molar-refractivity contribution < 1.29 is 31.9 Å². The van der Waals surface area contributed by atoms with Crippen molar-refractivity contribution in [1.29, 1.82) is 0 Å². The minimum absolute atomic E-state index is 0.0320. The predicted octanol–water partition coefficient (Wildman–Crippen LogP) is 4.18. The third kappa shape index (κ3) is 6.84. The minimum atomic E-state index is -4.29. The summed E-state index contributed by atoms with van der Waals surface area (Å²) >= 11 is 0. The van der Waals surface area contributed by atoms with Gasteiger partial charge in [-0.1, -0.05) is 66.7 Å². The number of nitrogens with one attached hydrogen (secondary N) is 1. The molecular formula is C33H32FN3O6S. The zero-order valence-electron chi connectivity index (χ0n) is 24.1. The molecule has 9 nitrogen and oxygen atoms in total. The highest BCUT2D eigenvalue weighted by molar-refractivity contribution is 7.92. The summed E-state index contributed by atoms with van der Waals surface area (Å²) in [6, 6.07) is 26.3. The lowest BCUT2D eigenvalue weighted by atomic mass is 10.0. The number of likely N-dealkylation sites (N-methyl/N-ethyl adjacent to an activating group) is 1. The van der Waals surface area contributed by atoms with Gasteiger partial charge in [-0.05, 0) is 35.9 Å². The molecule has 44 heavy (non-hydrogen) atoms. The fourth-order valence-electron chi connectivity index (χ4n) is 4.97. The molecule has 4 aromatic rings.